The number of carboxylic acids is 1. The number of aliphatic carboxylic acids is 1. The second-order valence-corrected chi connectivity index (χ2v) is 5.86. The molecule has 6 nitrogen and oxygen atoms in total. The number of nitrogens with one attached hydrogen (secondary N) is 1. The molecule has 0 aromatic carbocycles. The zero-order valence-corrected chi connectivity index (χ0v) is 14.8. The first kappa shape index (κ1) is 21.6. The Morgan fingerprint density at radius 3 is 2.43 bits per heavy atom. The summed E-state index contributed by atoms with van der Waals surface area (Å²) in [7, 11) is 0. The minimum absolute atomic E-state index is 0.0394. The molecular weight excluding hydrogens is 296 g/mol. The molecule has 1 aliphatic rings. The predicted octanol–water partition coefficient (Wildman–Crippen LogP) is 1.64. The Morgan fingerprint density at radius 1 is 1.39 bits per heavy atom. The lowest BCUT2D eigenvalue weighted by molar-refractivity contribution is -0.142. The molecule has 6 heteroatoms. The number of hydrogen-bond acceptors (Lipinski definition) is 4. The summed E-state index contributed by atoms with van der Waals surface area (Å²) >= 11 is 0. The molecule has 0 saturated carbocycles. The topological polar surface area (TPSA) is 89.9 Å². The summed E-state index contributed by atoms with van der Waals surface area (Å²) in [5.41, 5.74) is 0. The first-order valence-corrected chi connectivity index (χ1v) is 8.37. The van der Waals surface area contributed by atoms with E-state index in [0.717, 1.165) is 25.9 Å². The van der Waals surface area contributed by atoms with Gasteiger partial charge >= 0.3 is 5.97 Å². The number of carboxylic acid groups (broad SMARTS) is 1. The van der Waals surface area contributed by atoms with Gasteiger partial charge in [-0.3, -0.25) is 14.5 Å². The maximum Gasteiger partial charge on any atom is 0.320 e. The first-order chi connectivity index (χ1) is 10.8. The van der Waals surface area contributed by atoms with Gasteiger partial charge in [-0.25, -0.2) is 0 Å². The number of amides is 1. The van der Waals surface area contributed by atoms with E-state index in [0.29, 0.717) is 18.9 Å². The van der Waals surface area contributed by atoms with Crippen molar-refractivity contribution in [3.05, 3.63) is 12.2 Å². The Kier molecular flexibility index (Phi) is 11.3. The van der Waals surface area contributed by atoms with Gasteiger partial charge in [0, 0.05) is 26.6 Å². The summed E-state index contributed by atoms with van der Waals surface area (Å²) in [6, 6.07) is -0.442. The van der Waals surface area contributed by atoms with E-state index in [1.165, 1.54) is 6.92 Å². The second-order valence-electron chi connectivity index (χ2n) is 5.86. The molecule has 3 atom stereocenters. The summed E-state index contributed by atoms with van der Waals surface area (Å²) in [5.74, 6) is -0.437. The van der Waals surface area contributed by atoms with Crippen molar-refractivity contribution in [3.8, 4) is 0 Å². The van der Waals surface area contributed by atoms with Crippen molar-refractivity contribution in [2.75, 3.05) is 19.6 Å². The van der Waals surface area contributed by atoms with Gasteiger partial charge in [0.2, 0.25) is 5.91 Å². The number of hydrogen-bond donors (Lipinski definition) is 3. The molecule has 1 saturated heterocycles. The highest BCUT2D eigenvalue weighted by atomic mass is 16.4. The maximum atomic E-state index is 11.2. The summed E-state index contributed by atoms with van der Waals surface area (Å²) in [5, 5.41) is 21.5. The van der Waals surface area contributed by atoms with Crippen LogP contribution in [0.5, 0.6) is 0 Å². The van der Waals surface area contributed by atoms with Gasteiger partial charge in [0.05, 0.1) is 6.10 Å². The first-order valence-electron chi connectivity index (χ1n) is 8.37. The minimum atomic E-state index is -0.777. The van der Waals surface area contributed by atoms with E-state index >= 15 is 0 Å². The van der Waals surface area contributed by atoms with E-state index in [9.17, 15) is 14.7 Å². The van der Waals surface area contributed by atoms with Crippen molar-refractivity contribution in [1.29, 1.82) is 0 Å². The molecule has 0 aromatic heterocycles. The van der Waals surface area contributed by atoms with Crippen LogP contribution in [0.1, 0.15) is 47.0 Å². The van der Waals surface area contributed by atoms with Crippen LogP contribution in [-0.2, 0) is 9.59 Å². The molecule has 23 heavy (non-hydrogen) atoms. The largest absolute Gasteiger partial charge is 0.480 e. The Morgan fingerprint density at radius 2 is 2.04 bits per heavy atom. The van der Waals surface area contributed by atoms with Crippen LogP contribution in [0, 0.1) is 5.92 Å². The number of rotatable bonds is 7. The smallest absolute Gasteiger partial charge is 0.320 e. The zero-order chi connectivity index (χ0) is 17.8. The minimum Gasteiger partial charge on any atom is -0.480 e. The van der Waals surface area contributed by atoms with Gasteiger partial charge in [-0.15, -0.1) is 0 Å². The highest BCUT2D eigenvalue weighted by Gasteiger charge is 2.36. The molecule has 0 aromatic rings. The summed E-state index contributed by atoms with van der Waals surface area (Å²) in [6.45, 7) is 9.30. The van der Waals surface area contributed by atoms with Gasteiger partial charge in [0.25, 0.3) is 0 Å². The van der Waals surface area contributed by atoms with E-state index in [4.69, 9.17) is 5.11 Å². The third-order valence-corrected chi connectivity index (χ3v) is 3.68. The van der Waals surface area contributed by atoms with Gasteiger partial charge in [-0.1, -0.05) is 25.5 Å². The fraction of sp³-hybridized carbons (Fsp3) is 0.765. The van der Waals surface area contributed by atoms with Crippen molar-refractivity contribution in [3.63, 3.8) is 0 Å². The SMILES string of the molecule is CC=C[C@@H]1C[C@H](C(=O)O)N(CC(O)CCC)C1.CCNC(C)=O. The van der Waals surface area contributed by atoms with Crippen LogP contribution in [0.3, 0.4) is 0 Å². The van der Waals surface area contributed by atoms with Crippen LogP contribution in [0.4, 0.5) is 0 Å². The molecule has 1 fully saturated rings. The lowest BCUT2D eigenvalue weighted by Gasteiger charge is -2.23. The van der Waals surface area contributed by atoms with Gasteiger partial charge in [0.15, 0.2) is 0 Å². The van der Waals surface area contributed by atoms with Gasteiger partial charge in [0.1, 0.15) is 6.04 Å². The molecule has 0 radical (unpaired) electrons. The van der Waals surface area contributed by atoms with Crippen LogP contribution in [0.15, 0.2) is 12.2 Å². The molecular formula is C17H32N2O4. The zero-order valence-electron chi connectivity index (χ0n) is 14.8. The number of aliphatic hydroxyl groups is 1. The summed E-state index contributed by atoms with van der Waals surface area (Å²) in [6.07, 6.45) is 5.92. The highest BCUT2D eigenvalue weighted by molar-refractivity contribution is 5.74. The van der Waals surface area contributed by atoms with Crippen LogP contribution in [0.2, 0.25) is 0 Å². The van der Waals surface area contributed by atoms with Crippen molar-refractivity contribution in [2.24, 2.45) is 5.92 Å². The third-order valence-electron chi connectivity index (χ3n) is 3.68. The standard InChI is InChI=1S/C13H23NO3.C4H9NO/c1-3-5-10-7-12(13(16)17)14(8-10)9-11(15)6-4-2;1-3-5-4(2)6/h3,5,10-12,15H,4,6-9H2,1-2H3,(H,16,17);3H2,1-2H3,(H,5,6)/t10-,11?,12-;/m1./s1. The monoisotopic (exact) mass is 328 g/mol. The van der Waals surface area contributed by atoms with E-state index in [-0.39, 0.29) is 5.91 Å². The maximum absolute atomic E-state index is 11.2. The number of β-amino-alcohol motifs (C(OH)–C–C–N with tert-alkyl or cyclic N) is 1. The molecule has 1 amide bonds. The van der Waals surface area contributed by atoms with E-state index in [1.807, 2.05) is 31.7 Å². The normalized spacial score (nSPS) is 22.5. The predicted molar refractivity (Wildman–Crippen MR) is 91.2 cm³/mol. The van der Waals surface area contributed by atoms with Crippen LogP contribution >= 0.6 is 0 Å². The van der Waals surface area contributed by atoms with Crippen molar-refractivity contribution in [2.45, 2.75) is 59.1 Å². The van der Waals surface area contributed by atoms with Crippen molar-refractivity contribution < 1.29 is 19.8 Å². The quantitative estimate of drug-likeness (QED) is 0.618. The lowest BCUT2D eigenvalue weighted by Crippen LogP contribution is -2.40. The Balaban J connectivity index is 0.000000688. The second kappa shape index (κ2) is 12.1. The average Bonchev–Trinajstić information content (AvgIpc) is 2.83. The fourth-order valence-corrected chi connectivity index (χ4v) is 2.75. The Labute approximate surface area is 139 Å². The van der Waals surface area contributed by atoms with Crippen molar-refractivity contribution >= 4 is 11.9 Å². The van der Waals surface area contributed by atoms with Crippen LogP contribution < -0.4 is 5.32 Å². The Bertz CT molecular complexity index is 385. The van der Waals surface area contributed by atoms with E-state index < -0.39 is 18.1 Å². The summed E-state index contributed by atoms with van der Waals surface area (Å²) in [4.78, 5) is 23.0. The molecule has 0 aliphatic carbocycles. The molecule has 134 valence electrons. The number of carbonyl (C=O) groups excluding carboxylic acids is 1. The highest BCUT2D eigenvalue weighted by Crippen LogP contribution is 2.25. The molecule has 1 rings (SSSR count). The molecule has 3 N–H and O–H groups in total. The van der Waals surface area contributed by atoms with Gasteiger partial charge in [-0.05, 0) is 32.6 Å². The molecule has 0 spiro atoms. The van der Waals surface area contributed by atoms with Crippen molar-refractivity contribution in [1.82, 2.24) is 10.2 Å². The average molecular weight is 328 g/mol. The summed E-state index contributed by atoms with van der Waals surface area (Å²) < 4.78 is 0. The lowest BCUT2D eigenvalue weighted by atomic mass is 10.1. The Hall–Kier alpha value is -1.40. The number of likely N-dealkylation sites (tertiary alicyclic amines) is 1. The number of nitrogens with zero attached hydrogens (tertiary/aromatic N) is 1. The number of carbonyl (C=O) groups is 2. The van der Waals surface area contributed by atoms with Crippen LogP contribution in [0.25, 0.3) is 0 Å². The molecule has 0 bridgehead atoms. The van der Waals surface area contributed by atoms with Gasteiger partial charge in [-0.2, -0.15) is 0 Å². The van der Waals surface area contributed by atoms with Crippen LogP contribution in [-0.4, -0.2) is 58.8 Å². The van der Waals surface area contributed by atoms with Gasteiger partial charge < -0.3 is 15.5 Å². The molecule has 1 unspecified atom stereocenters. The number of aliphatic hydroxyl groups excluding tert-OH is 1. The third kappa shape index (κ3) is 9.36. The fourth-order valence-electron chi connectivity index (χ4n) is 2.75. The molecule has 1 heterocycles. The van der Waals surface area contributed by atoms with E-state index in [2.05, 4.69) is 11.4 Å². The number of allylic oxidation sites excluding steroid dienone is 1. The van der Waals surface area contributed by atoms with E-state index in [1.54, 1.807) is 0 Å². The molecule has 1 aliphatic heterocycles.